The zero-order valence-corrected chi connectivity index (χ0v) is 27.5. The number of amides is 1. The van der Waals surface area contributed by atoms with Gasteiger partial charge in [0.15, 0.2) is 11.5 Å². The molecule has 1 atom stereocenters. The number of aromatic nitrogens is 2. The van der Waals surface area contributed by atoms with Gasteiger partial charge in [-0.05, 0) is 66.9 Å². The molecule has 3 heterocycles. The highest BCUT2D eigenvalue weighted by molar-refractivity contribution is 7.97. The average molecular weight is 658 g/mol. The molecule has 0 spiro atoms. The Hall–Kier alpha value is -3.35. The van der Waals surface area contributed by atoms with Gasteiger partial charge >= 0.3 is 5.97 Å². The standard InChI is InChI=1S/C31H36ClN5O5S2/c1-5-31(28(33)39,30(3,4)18(2)43)44-42-27(38)20-10-12-37(13-11-20)29-35-23-8-7-21(32)15-22(23)26(36-29)34-16-19-6-9-24-25(14-19)41-17-40-24/h6-9,14-15,20H,5,10-13,16-17H2,1-4H3,(H2,33,39)(H,34,35,36). The van der Waals surface area contributed by atoms with Crippen molar-refractivity contribution in [1.29, 1.82) is 0 Å². The Bertz CT molecular complexity index is 1600. The third-order valence-corrected chi connectivity index (χ3v) is 11.0. The number of anilines is 2. The molecule has 1 unspecified atom stereocenters. The van der Waals surface area contributed by atoms with Gasteiger partial charge in [-0.3, -0.25) is 9.59 Å². The maximum atomic E-state index is 13.2. The Morgan fingerprint density at radius 2 is 1.89 bits per heavy atom. The van der Waals surface area contributed by atoms with Crippen LogP contribution in [0.3, 0.4) is 0 Å². The van der Waals surface area contributed by atoms with Gasteiger partial charge < -0.3 is 29.6 Å². The second-order valence-corrected chi connectivity index (χ2v) is 13.6. The number of piperidine rings is 1. The lowest BCUT2D eigenvalue weighted by Gasteiger charge is -2.41. The van der Waals surface area contributed by atoms with E-state index in [1.807, 2.05) is 51.1 Å². The molecule has 3 aromatic rings. The molecule has 1 amide bonds. The van der Waals surface area contributed by atoms with Crippen LogP contribution in [0.15, 0.2) is 36.4 Å². The molecule has 1 saturated heterocycles. The van der Waals surface area contributed by atoms with Crippen LogP contribution in [0.1, 0.15) is 52.5 Å². The molecular weight excluding hydrogens is 622 g/mol. The van der Waals surface area contributed by atoms with E-state index in [1.54, 1.807) is 13.0 Å². The van der Waals surface area contributed by atoms with E-state index in [9.17, 15) is 9.59 Å². The molecule has 1 fully saturated rings. The number of halogens is 1. The van der Waals surface area contributed by atoms with E-state index < -0.39 is 16.1 Å². The molecule has 2 aliphatic heterocycles. The normalized spacial score (nSPS) is 16.4. The summed E-state index contributed by atoms with van der Waals surface area (Å²) in [7, 11) is 0. The first-order valence-electron chi connectivity index (χ1n) is 14.5. The van der Waals surface area contributed by atoms with Crippen LogP contribution in [-0.2, 0) is 20.3 Å². The van der Waals surface area contributed by atoms with E-state index in [0.29, 0.717) is 66.3 Å². The van der Waals surface area contributed by atoms with E-state index in [1.165, 1.54) is 0 Å². The second-order valence-electron chi connectivity index (χ2n) is 11.5. The summed E-state index contributed by atoms with van der Waals surface area (Å²) in [4.78, 5) is 38.1. The Labute approximate surface area is 271 Å². The number of benzene rings is 2. The SMILES string of the molecule is CCC(SOC(=O)C1CCN(c2nc(NCc3ccc4c(c3)OCO4)c3cc(Cl)ccc3n2)CC1)(C(N)=O)C(C)(C)C(C)=S. The fourth-order valence-corrected chi connectivity index (χ4v) is 6.84. The number of hydrogen-bond donors (Lipinski definition) is 2. The molecule has 1 aromatic heterocycles. The smallest absolute Gasteiger partial charge is 0.321 e. The zero-order chi connectivity index (χ0) is 31.6. The topological polar surface area (TPSA) is 129 Å². The molecular formula is C31H36ClN5O5S2. The number of carbonyl (C=O) groups is 2. The highest BCUT2D eigenvalue weighted by atomic mass is 35.5. The van der Waals surface area contributed by atoms with Crippen LogP contribution in [-0.4, -0.2) is 51.3 Å². The van der Waals surface area contributed by atoms with Gasteiger partial charge in [-0.15, -0.1) is 0 Å². The zero-order valence-electron chi connectivity index (χ0n) is 25.1. The van der Waals surface area contributed by atoms with Crippen molar-refractivity contribution in [2.75, 3.05) is 30.1 Å². The molecule has 0 saturated carbocycles. The summed E-state index contributed by atoms with van der Waals surface area (Å²) in [6.07, 6.45) is 1.47. The van der Waals surface area contributed by atoms with Gasteiger partial charge in [0, 0.05) is 35.5 Å². The number of nitrogens with one attached hydrogen (secondary N) is 1. The molecule has 44 heavy (non-hydrogen) atoms. The first-order chi connectivity index (χ1) is 20.9. The highest BCUT2D eigenvalue weighted by Crippen LogP contribution is 2.47. The van der Waals surface area contributed by atoms with Gasteiger partial charge in [0.1, 0.15) is 10.6 Å². The Morgan fingerprint density at radius 1 is 1.16 bits per heavy atom. The summed E-state index contributed by atoms with van der Waals surface area (Å²) in [6, 6.07) is 11.3. The molecule has 10 nitrogen and oxygen atoms in total. The van der Waals surface area contributed by atoms with Gasteiger partial charge in [-0.1, -0.05) is 50.7 Å². The third kappa shape index (κ3) is 6.25. The maximum absolute atomic E-state index is 13.2. The number of carbonyl (C=O) groups excluding carboxylic acids is 2. The number of ether oxygens (including phenoxy) is 2. The maximum Gasteiger partial charge on any atom is 0.321 e. The minimum atomic E-state index is -1.17. The van der Waals surface area contributed by atoms with Crippen LogP contribution in [0.5, 0.6) is 11.5 Å². The number of thiocarbonyl (C=S) groups is 1. The van der Waals surface area contributed by atoms with Crippen molar-refractivity contribution >= 4 is 75.3 Å². The van der Waals surface area contributed by atoms with Crippen molar-refractivity contribution in [1.82, 2.24) is 9.97 Å². The monoisotopic (exact) mass is 657 g/mol. The number of rotatable bonds is 11. The number of primary amides is 1. The van der Waals surface area contributed by atoms with Gasteiger partial charge in [-0.25, -0.2) is 4.98 Å². The molecule has 2 aromatic carbocycles. The fourth-order valence-electron chi connectivity index (χ4n) is 5.51. The molecule has 5 rings (SSSR count). The quantitative estimate of drug-likeness (QED) is 0.184. The predicted molar refractivity (Wildman–Crippen MR) is 177 cm³/mol. The van der Waals surface area contributed by atoms with Crippen molar-refractivity contribution in [3.8, 4) is 11.5 Å². The summed E-state index contributed by atoms with van der Waals surface area (Å²) in [6.45, 7) is 9.19. The second kappa shape index (κ2) is 12.9. The third-order valence-electron chi connectivity index (χ3n) is 8.71. The van der Waals surface area contributed by atoms with Gasteiger partial charge in [0.05, 0.1) is 23.5 Å². The Kier molecular flexibility index (Phi) is 9.43. The number of nitrogens with zero attached hydrogens (tertiary/aromatic N) is 3. The summed E-state index contributed by atoms with van der Waals surface area (Å²) in [5.41, 5.74) is 6.85. The van der Waals surface area contributed by atoms with Gasteiger partial charge in [0.25, 0.3) is 0 Å². The fraction of sp³-hybridized carbons (Fsp3) is 0.452. The van der Waals surface area contributed by atoms with Crippen molar-refractivity contribution in [2.24, 2.45) is 17.1 Å². The van der Waals surface area contributed by atoms with Crippen molar-refractivity contribution < 1.29 is 23.2 Å². The van der Waals surface area contributed by atoms with Crippen LogP contribution in [0.4, 0.5) is 11.8 Å². The van der Waals surface area contributed by atoms with Crippen LogP contribution in [0.2, 0.25) is 5.02 Å². The first kappa shape index (κ1) is 32.1. The highest BCUT2D eigenvalue weighted by Gasteiger charge is 2.53. The Morgan fingerprint density at radius 3 is 2.57 bits per heavy atom. The van der Waals surface area contributed by atoms with Crippen molar-refractivity contribution in [2.45, 2.75) is 58.2 Å². The van der Waals surface area contributed by atoms with E-state index in [0.717, 1.165) is 34.3 Å². The summed E-state index contributed by atoms with van der Waals surface area (Å²) < 4.78 is 15.5. The van der Waals surface area contributed by atoms with E-state index >= 15 is 0 Å². The summed E-state index contributed by atoms with van der Waals surface area (Å²) >= 11 is 12.6. The van der Waals surface area contributed by atoms with E-state index in [4.69, 9.17) is 53.2 Å². The largest absolute Gasteiger partial charge is 0.454 e. The number of nitrogens with two attached hydrogens (primary N) is 1. The van der Waals surface area contributed by atoms with E-state index in [-0.39, 0.29) is 18.7 Å². The van der Waals surface area contributed by atoms with Gasteiger partial charge in [0.2, 0.25) is 18.6 Å². The molecule has 0 aliphatic carbocycles. The van der Waals surface area contributed by atoms with Crippen LogP contribution in [0.25, 0.3) is 10.9 Å². The molecule has 0 bridgehead atoms. The Balaban J connectivity index is 1.27. The summed E-state index contributed by atoms with van der Waals surface area (Å²) in [5, 5.41) is 4.83. The summed E-state index contributed by atoms with van der Waals surface area (Å²) in [5.74, 6) is 1.40. The van der Waals surface area contributed by atoms with Crippen LogP contribution < -0.4 is 25.4 Å². The molecule has 234 valence electrons. The number of hydrogen-bond acceptors (Lipinski definition) is 11. The van der Waals surface area contributed by atoms with Crippen molar-refractivity contribution in [3.63, 3.8) is 0 Å². The molecule has 13 heteroatoms. The number of fused-ring (bicyclic) bond motifs is 2. The minimum absolute atomic E-state index is 0.219. The lowest BCUT2D eigenvalue weighted by Crippen LogP contribution is -2.54. The van der Waals surface area contributed by atoms with Crippen LogP contribution >= 0.6 is 35.9 Å². The average Bonchev–Trinajstić information content (AvgIpc) is 3.48. The molecule has 0 radical (unpaired) electrons. The predicted octanol–water partition coefficient (Wildman–Crippen LogP) is 6.08. The minimum Gasteiger partial charge on any atom is -0.454 e. The van der Waals surface area contributed by atoms with Crippen LogP contribution in [0, 0.1) is 11.3 Å². The van der Waals surface area contributed by atoms with Crippen molar-refractivity contribution in [3.05, 3.63) is 47.0 Å². The lowest BCUT2D eigenvalue weighted by molar-refractivity contribution is -0.138. The van der Waals surface area contributed by atoms with E-state index in [2.05, 4.69) is 10.2 Å². The molecule has 2 aliphatic rings. The lowest BCUT2D eigenvalue weighted by atomic mass is 9.74. The first-order valence-corrected chi connectivity index (χ1v) is 16.0. The molecule has 3 N–H and O–H groups in total. The van der Waals surface area contributed by atoms with Gasteiger partial charge in [-0.2, -0.15) is 4.98 Å².